The molecular weight excluding hydrogens is 420 g/mol. The number of benzene rings is 1. The number of thiophene rings is 1. The van der Waals surface area contributed by atoms with Gasteiger partial charge in [-0.3, -0.25) is 14.7 Å². The summed E-state index contributed by atoms with van der Waals surface area (Å²) in [6.07, 6.45) is 2.65. The summed E-state index contributed by atoms with van der Waals surface area (Å²) < 4.78 is 6.28. The van der Waals surface area contributed by atoms with Crippen molar-refractivity contribution in [2.75, 3.05) is 32.0 Å². The van der Waals surface area contributed by atoms with Crippen LogP contribution in [0.4, 0.5) is 5.69 Å². The van der Waals surface area contributed by atoms with E-state index in [1.54, 1.807) is 18.3 Å². The molecule has 3 aromatic rings. The van der Waals surface area contributed by atoms with Crippen molar-refractivity contribution in [3.8, 4) is 5.06 Å². The predicted octanol–water partition coefficient (Wildman–Crippen LogP) is 4.03. The highest BCUT2D eigenvalue weighted by atomic mass is 35.5. The Morgan fingerprint density at radius 2 is 2.17 bits per heavy atom. The predicted molar refractivity (Wildman–Crippen MR) is 122 cm³/mol. The number of hydrogen-bond donors (Lipinski definition) is 1. The van der Waals surface area contributed by atoms with Crippen LogP contribution in [0.25, 0.3) is 10.9 Å². The van der Waals surface area contributed by atoms with E-state index in [4.69, 9.17) is 22.1 Å². The molecule has 1 atom stereocenters. The van der Waals surface area contributed by atoms with Crippen molar-refractivity contribution in [1.29, 1.82) is 0 Å². The molecule has 0 saturated carbocycles. The standard InChI is InChI=1S/C22H25ClN4O2S/c1-2-16-13-26(12-15-3-4-17-18(24)7-8-25-19(17)11-15)9-10-27(16)21(28)14-29-22-6-5-20(23)30-22/h3-8,11,16H,2,9-10,12-14H2,1H3,(H2,24,25)/t16-/m0/s1. The minimum Gasteiger partial charge on any atom is -0.474 e. The van der Waals surface area contributed by atoms with E-state index in [1.807, 2.05) is 17.0 Å². The number of pyridine rings is 1. The number of aromatic nitrogens is 1. The molecule has 2 aromatic heterocycles. The molecule has 2 N–H and O–H groups in total. The van der Waals surface area contributed by atoms with Gasteiger partial charge in [-0.2, -0.15) is 0 Å². The minimum absolute atomic E-state index is 0.0244. The minimum atomic E-state index is 0.0244. The van der Waals surface area contributed by atoms with Crippen LogP contribution in [0.5, 0.6) is 5.06 Å². The van der Waals surface area contributed by atoms with Gasteiger partial charge in [0.05, 0.1) is 9.85 Å². The highest BCUT2D eigenvalue weighted by Crippen LogP contribution is 2.28. The van der Waals surface area contributed by atoms with Crippen molar-refractivity contribution in [1.82, 2.24) is 14.8 Å². The Kier molecular flexibility index (Phi) is 6.41. The van der Waals surface area contributed by atoms with E-state index in [-0.39, 0.29) is 18.6 Å². The number of carbonyl (C=O) groups excluding carboxylic acids is 1. The molecule has 0 spiro atoms. The average molecular weight is 445 g/mol. The number of anilines is 1. The van der Waals surface area contributed by atoms with Gasteiger partial charge >= 0.3 is 0 Å². The second-order valence-electron chi connectivity index (χ2n) is 7.48. The Morgan fingerprint density at radius 3 is 2.93 bits per heavy atom. The largest absolute Gasteiger partial charge is 0.474 e. The molecule has 4 rings (SSSR count). The van der Waals surface area contributed by atoms with Gasteiger partial charge < -0.3 is 15.4 Å². The van der Waals surface area contributed by atoms with Crippen molar-refractivity contribution in [3.05, 3.63) is 52.5 Å². The molecule has 1 aliphatic rings. The van der Waals surface area contributed by atoms with Gasteiger partial charge in [0.1, 0.15) is 0 Å². The van der Waals surface area contributed by atoms with E-state index in [2.05, 4.69) is 28.9 Å². The number of hydrogen-bond acceptors (Lipinski definition) is 6. The number of halogens is 1. The summed E-state index contributed by atoms with van der Waals surface area (Å²) >= 11 is 7.26. The second-order valence-corrected chi connectivity index (χ2v) is 9.16. The summed E-state index contributed by atoms with van der Waals surface area (Å²) in [7, 11) is 0. The number of carbonyl (C=O) groups is 1. The number of amides is 1. The number of nitrogens with zero attached hydrogens (tertiary/aromatic N) is 3. The van der Waals surface area contributed by atoms with Crippen LogP contribution < -0.4 is 10.5 Å². The van der Waals surface area contributed by atoms with Crippen LogP contribution in [0.1, 0.15) is 18.9 Å². The van der Waals surface area contributed by atoms with Crippen LogP contribution in [-0.2, 0) is 11.3 Å². The molecule has 3 heterocycles. The average Bonchev–Trinajstić information content (AvgIpc) is 3.17. The van der Waals surface area contributed by atoms with Crippen LogP contribution in [0.15, 0.2) is 42.6 Å². The first kappa shape index (κ1) is 20.9. The topological polar surface area (TPSA) is 71.7 Å². The summed E-state index contributed by atoms with van der Waals surface area (Å²) in [4.78, 5) is 21.5. The normalized spacial score (nSPS) is 17.4. The van der Waals surface area contributed by atoms with Crippen LogP contribution >= 0.6 is 22.9 Å². The lowest BCUT2D eigenvalue weighted by atomic mass is 10.1. The smallest absolute Gasteiger partial charge is 0.260 e. The zero-order chi connectivity index (χ0) is 21.1. The van der Waals surface area contributed by atoms with Gasteiger partial charge in [-0.25, -0.2) is 0 Å². The zero-order valence-electron chi connectivity index (χ0n) is 16.9. The summed E-state index contributed by atoms with van der Waals surface area (Å²) in [6, 6.07) is 11.8. The van der Waals surface area contributed by atoms with Crippen LogP contribution in [0, 0.1) is 0 Å². The first-order valence-corrected chi connectivity index (χ1v) is 11.3. The lowest BCUT2D eigenvalue weighted by molar-refractivity contribution is -0.138. The maximum atomic E-state index is 12.7. The fourth-order valence-corrected chi connectivity index (χ4v) is 4.78. The summed E-state index contributed by atoms with van der Waals surface area (Å²) in [5.74, 6) is 0.0244. The fraction of sp³-hybridized carbons (Fsp3) is 0.364. The molecule has 8 heteroatoms. The van der Waals surface area contributed by atoms with Gasteiger partial charge in [-0.15, -0.1) is 0 Å². The molecule has 158 valence electrons. The number of fused-ring (bicyclic) bond motifs is 1. The first-order valence-electron chi connectivity index (χ1n) is 10.1. The lowest BCUT2D eigenvalue weighted by Crippen LogP contribution is -2.55. The molecule has 1 aromatic carbocycles. The third-order valence-corrected chi connectivity index (χ3v) is 6.64. The van der Waals surface area contributed by atoms with Gasteiger partial charge in [0.15, 0.2) is 11.7 Å². The van der Waals surface area contributed by atoms with Crippen LogP contribution in [0.2, 0.25) is 4.34 Å². The summed E-state index contributed by atoms with van der Waals surface area (Å²) in [6.45, 7) is 5.37. The Morgan fingerprint density at radius 1 is 1.30 bits per heavy atom. The third-order valence-electron chi connectivity index (χ3n) is 5.49. The van der Waals surface area contributed by atoms with Gasteiger partial charge in [0.25, 0.3) is 5.91 Å². The van der Waals surface area contributed by atoms with Gasteiger partial charge in [0, 0.05) is 49.5 Å². The van der Waals surface area contributed by atoms with Crippen LogP contribution in [0.3, 0.4) is 0 Å². The number of rotatable bonds is 6. The summed E-state index contributed by atoms with van der Waals surface area (Å²) in [5.41, 5.74) is 8.89. The molecule has 0 radical (unpaired) electrons. The van der Waals surface area contributed by atoms with Crippen molar-refractivity contribution < 1.29 is 9.53 Å². The number of ether oxygens (including phenoxy) is 1. The van der Waals surface area contributed by atoms with Crippen molar-refractivity contribution >= 4 is 45.4 Å². The molecule has 1 saturated heterocycles. The molecule has 1 aliphatic heterocycles. The summed E-state index contributed by atoms with van der Waals surface area (Å²) in [5, 5.41) is 1.65. The van der Waals surface area contributed by atoms with E-state index in [9.17, 15) is 4.79 Å². The first-order chi connectivity index (χ1) is 14.5. The van der Waals surface area contributed by atoms with E-state index >= 15 is 0 Å². The molecule has 0 bridgehead atoms. The molecular formula is C22H25ClN4O2S. The zero-order valence-corrected chi connectivity index (χ0v) is 18.5. The molecule has 0 aliphatic carbocycles. The highest BCUT2D eigenvalue weighted by Gasteiger charge is 2.29. The maximum absolute atomic E-state index is 12.7. The SMILES string of the molecule is CC[C@H]1CN(Cc2ccc3c(N)ccnc3c2)CCN1C(=O)COc1ccc(Cl)s1. The Balaban J connectivity index is 1.36. The molecule has 30 heavy (non-hydrogen) atoms. The Hall–Kier alpha value is -2.35. The van der Waals surface area contributed by atoms with Gasteiger partial charge in [-0.1, -0.05) is 42.0 Å². The van der Waals surface area contributed by atoms with Gasteiger partial charge in [-0.05, 0) is 36.2 Å². The number of nitrogen functional groups attached to an aromatic ring is 1. The Bertz CT molecular complexity index is 1040. The van der Waals surface area contributed by atoms with Crippen LogP contribution in [-0.4, -0.2) is 53.0 Å². The quantitative estimate of drug-likeness (QED) is 0.621. The van der Waals surface area contributed by atoms with Crippen molar-refractivity contribution in [2.45, 2.75) is 25.9 Å². The van der Waals surface area contributed by atoms with E-state index in [0.29, 0.717) is 15.9 Å². The monoisotopic (exact) mass is 444 g/mol. The van der Waals surface area contributed by atoms with E-state index in [1.165, 1.54) is 16.9 Å². The third kappa shape index (κ3) is 4.69. The van der Waals surface area contributed by atoms with Gasteiger partial charge in [0.2, 0.25) is 0 Å². The van der Waals surface area contributed by atoms with Crippen molar-refractivity contribution in [2.24, 2.45) is 0 Å². The molecule has 0 unspecified atom stereocenters. The molecule has 1 fully saturated rings. The lowest BCUT2D eigenvalue weighted by Gasteiger charge is -2.41. The number of piperazine rings is 1. The highest BCUT2D eigenvalue weighted by molar-refractivity contribution is 7.17. The fourth-order valence-electron chi connectivity index (χ4n) is 3.90. The van der Waals surface area contributed by atoms with E-state index in [0.717, 1.165) is 42.6 Å². The van der Waals surface area contributed by atoms with E-state index < -0.39 is 0 Å². The van der Waals surface area contributed by atoms with Crippen molar-refractivity contribution in [3.63, 3.8) is 0 Å². The molecule has 6 nitrogen and oxygen atoms in total. The second kappa shape index (κ2) is 9.20. The molecule has 1 amide bonds. The maximum Gasteiger partial charge on any atom is 0.260 e. The Labute approximate surface area is 185 Å². The number of nitrogens with two attached hydrogens (primary N) is 1.